The Bertz CT molecular complexity index is 90.9. The van der Waals surface area contributed by atoms with Crippen molar-refractivity contribution in [1.82, 2.24) is 0 Å². The van der Waals surface area contributed by atoms with Gasteiger partial charge in [-0.2, -0.15) is 0 Å². The van der Waals surface area contributed by atoms with Crippen molar-refractivity contribution in [3.8, 4) is 0 Å². The Morgan fingerprint density at radius 3 is 2.20 bits per heavy atom. The van der Waals surface area contributed by atoms with Crippen LogP contribution in [0.25, 0.3) is 0 Å². The van der Waals surface area contributed by atoms with Crippen LogP contribution in [0.4, 0.5) is 13.2 Å². The van der Waals surface area contributed by atoms with Crippen molar-refractivity contribution in [3.63, 3.8) is 0 Å². The third-order valence-electron chi connectivity index (χ3n) is 1.16. The van der Waals surface area contributed by atoms with Crippen molar-refractivity contribution in [1.29, 1.82) is 0 Å². The van der Waals surface area contributed by atoms with E-state index in [0.29, 0.717) is 0 Å². The van der Waals surface area contributed by atoms with Gasteiger partial charge >= 0.3 is 0 Å². The van der Waals surface area contributed by atoms with Gasteiger partial charge in [0.1, 0.15) is 6.17 Å². The molecular formula is C7H11F3. The van der Waals surface area contributed by atoms with E-state index in [9.17, 15) is 13.2 Å². The van der Waals surface area contributed by atoms with Crippen molar-refractivity contribution in [3.05, 3.63) is 12.7 Å². The van der Waals surface area contributed by atoms with E-state index in [0.717, 1.165) is 6.08 Å². The summed E-state index contributed by atoms with van der Waals surface area (Å²) in [5, 5.41) is 0. The zero-order chi connectivity index (χ0) is 7.98. The van der Waals surface area contributed by atoms with Gasteiger partial charge in [-0.1, -0.05) is 6.08 Å². The Hall–Kier alpha value is -0.470. The summed E-state index contributed by atoms with van der Waals surface area (Å²) in [6.45, 7) is 3.20. The van der Waals surface area contributed by atoms with Crippen molar-refractivity contribution in [2.24, 2.45) is 0 Å². The summed E-state index contributed by atoms with van der Waals surface area (Å²) in [6, 6.07) is 0. The van der Waals surface area contributed by atoms with Crippen LogP contribution in [-0.4, -0.2) is 12.6 Å². The normalized spacial score (nSPS) is 13.6. The van der Waals surface area contributed by atoms with Gasteiger partial charge in [-0.15, -0.1) is 6.58 Å². The van der Waals surface area contributed by atoms with Crippen molar-refractivity contribution in [2.75, 3.05) is 0 Å². The topological polar surface area (TPSA) is 0 Å². The van der Waals surface area contributed by atoms with Crippen molar-refractivity contribution >= 4 is 0 Å². The van der Waals surface area contributed by atoms with Gasteiger partial charge in [0.15, 0.2) is 0 Å². The van der Waals surface area contributed by atoms with E-state index in [1.165, 1.54) is 0 Å². The lowest BCUT2D eigenvalue weighted by Gasteiger charge is -2.00. The van der Waals surface area contributed by atoms with E-state index in [-0.39, 0.29) is 19.3 Å². The lowest BCUT2D eigenvalue weighted by atomic mass is 10.2. The summed E-state index contributed by atoms with van der Waals surface area (Å²) in [4.78, 5) is 0. The van der Waals surface area contributed by atoms with E-state index in [2.05, 4.69) is 6.58 Å². The number of hydrogen-bond donors (Lipinski definition) is 0. The number of alkyl halides is 3. The highest BCUT2D eigenvalue weighted by Crippen LogP contribution is 2.09. The van der Waals surface area contributed by atoms with Crippen LogP contribution in [0.1, 0.15) is 19.3 Å². The molecule has 0 aliphatic rings. The minimum absolute atomic E-state index is 0.161. The molecule has 3 heteroatoms. The number of hydrogen-bond acceptors (Lipinski definition) is 0. The average molecular weight is 152 g/mol. The molecule has 0 amide bonds. The summed E-state index contributed by atoms with van der Waals surface area (Å²) >= 11 is 0. The lowest BCUT2D eigenvalue weighted by molar-refractivity contribution is 0.131. The predicted octanol–water partition coefficient (Wildman–Crippen LogP) is 2.95. The summed E-state index contributed by atoms with van der Waals surface area (Å²) in [7, 11) is 0. The first-order valence-electron chi connectivity index (χ1n) is 3.21. The molecule has 1 atom stereocenters. The van der Waals surface area contributed by atoms with Crippen molar-refractivity contribution < 1.29 is 13.2 Å². The largest absolute Gasteiger partial charge is 0.243 e. The molecule has 0 saturated heterocycles. The predicted molar refractivity (Wildman–Crippen MR) is 34.9 cm³/mol. The van der Waals surface area contributed by atoms with Gasteiger partial charge in [0.2, 0.25) is 6.43 Å². The van der Waals surface area contributed by atoms with E-state index < -0.39 is 12.6 Å². The first-order chi connectivity index (χ1) is 4.66. The Kier molecular flexibility index (Phi) is 5.08. The van der Waals surface area contributed by atoms with Gasteiger partial charge in [-0.05, 0) is 12.8 Å². The molecule has 0 nitrogen and oxygen atoms in total. The third kappa shape index (κ3) is 5.66. The molecule has 10 heavy (non-hydrogen) atoms. The fourth-order valence-corrected chi connectivity index (χ4v) is 0.585. The number of halogens is 3. The van der Waals surface area contributed by atoms with Crippen LogP contribution in [0.3, 0.4) is 0 Å². The Balaban J connectivity index is 3.11. The first kappa shape index (κ1) is 9.53. The molecule has 0 rings (SSSR count). The molecule has 0 saturated carbocycles. The second-order valence-corrected chi connectivity index (χ2v) is 2.07. The Morgan fingerprint density at radius 1 is 1.20 bits per heavy atom. The minimum atomic E-state index is -2.31. The molecule has 0 N–H and O–H groups in total. The molecule has 0 aromatic rings. The highest BCUT2D eigenvalue weighted by molar-refractivity contribution is 4.77. The van der Waals surface area contributed by atoms with Gasteiger partial charge in [-0.25, -0.2) is 13.2 Å². The smallest absolute Gasteiger partial charge is 0.238 e. The number of rotatable bonds is 5. The molecule has 0 aromatic heterocycles. The molecule has 0 aromatic carbocycles. The molecule has 60 valence electrons. The lowest BCUT2D eigenvalue weighted by Crippen LogP contribution is -1.97. The van der Waals surface area contributed by atoms with Gasteiger partial charge in [0, 0.05) is 6.42 Å². The van der Waals surface area contributed by atoms with Crippen LogP contribution in [0.5, 0.6) is 0 Å². The van der Waals surface area contributed by atoms with Crippen molar-refractivity contribution in [2.45, 2.75) is 31.9 Å². The van der Waals surface area contributed by atoms with Gasteiger partial charge in [-0.3, -0.25) is 0 Å². The molecule has 1 unspecified atom stereocenters. The van der Waals surface area contributed by atoms with Crippen LogP contribution >= 0.6 is 0 Å². The highest BCUT2D eigenvalue weighted by Gasteiger charge is 2.04. The quantitative estimate of drug-likeness (QED) is 0.531. The number of allylic oxidation sites excluding steroid dienone is 1. The molecule has 0 aliphatic carbocycles. The second-order valence-electron chi connectivity index (χ2n) is 2.07. The average Bonchev–Trinajstić information content (AvgIpc) is 1.87. The maximum atomic E-state index is 12.2. The monoisotopic (exact) mass is 152 g/mol. The van der Waals surface area contributed by atoms with Crippen LogP contribution in [0.2, 0.25) is 0 Å². The summed E-state index contributed by atoms with van der Waals surface area (Å²) < 4.78 is 35.1. The van der Waals surface area contributed by atoms with Gasteiger partial charge < -0.3 is 0 Å². The van der Waals surface area contributed by atoms with Crippen LogP contribution < -0.4 is 0 Å². The standard InChI is InChI=1S/C7H11F3/c1-2-6(8)4-3-5-7(9)10/h2,6-7H,1,3-5H2. The molecule has 0 radical (unpaired) electrons. The van der Waals surface area contributed by atoms with Gasteiger partial charge in [0.25, 0.3) is 0 Å². The maximum absolute atomic E-state index is 12.2. The molecular weight excluding hydrogens is 141 g/mol. The summed E-state index contributed by atoms with van der Waals surface area (Å²) in [6.07, 6.45) is -2.13. The molecule has 0 spiro atoms. The molecule has 0 bridgehead atoms. The van der Waals surface area contributed by atoms with Crippen LogP contribution in [0, 0.1) is 0 Å². The van der Waals surface area contributed by atoms with E-state index >= 15 is 0 Å². The first-order valence-corrected chi connectivity index (χ1v) is 3.21. The Labute approximate surface area is 58.7 Å². The highest BCUT2D eigenvalue weighted by atomic mass is 19.3. The fraction of sp³-hybridized carbons (Fsp3) is 0.714. The zero-order valence-electron chi connectivity index (χ0n) is 5.69. The molecule has 0 heterocycles. The minimum Gasteiger partial charge on any atom is -0.243 e. The summed E-state index contributed by atoms with van der Waals surface area (Å²) in [5.41, 5.74) is 0. The SMILES string of the molecule is C=CC(F)CCCC(F)F. The second kappa shape index (κ2) is 5.33. The fourth-order valence-electron chi connectivity index (χ4n) is 0.585. The molecule has 0 aliphatic heterocycles. The van der Waals surface area contributed by atoms with Crippen LogP contribution in [-0.2, 0) is 0 Å². The van der Waals surface area contributed by atoms with E-state index in [1.807, 2.05) is 0 Å². The van der Waals surface area contributed by atoms with E-state index in [4.69, 9.17) is 0 Å². The zero-order valence-corrected chi connectivity index (χ0v) is 5.69. The summed E-state index contributed by atoms with van der Waals surface area (Å²) in [5.74, 6) is 0. The Morgan fingerprint density at radius 2 is 1.80 bits per heavy atom. The van der Waals surface area contributed by atoms with Crippen LogP contribution in [0.15, 0.2) is 12.7 Å². The van der Waals surface area contributed by atoms with Gasteiger partial charge in [0.05, 0.1) is 0 Å². The maximum Gasteiger partial charge on any atom is 0.238 e. The molecule has 0 fully saturated rings. The van der Waals surface area contributed by atoms with E-state index in [1.54, 1.807) is 0 Å². The third-order valence-corrected chi connectivity index (χ3v) is 1.16.